The second-order valence-electron chi connectivity index (χ2n) is 6.63. The van der Waals surface area contributed by atoms with Gasteiger partial charge in [0.25, 0.3) is 0 Å². The molecule has 2 N–H and O–H groups in total. The number of nitrogens with one attached hydrogen (secondary N) is 2. The van der Waals surface area contributed by atoms with Gasteiger partial charge in [0.2, 0.25) is 0 Å². The largest absolute Gasteiger partial charge is 0.357 e. The van der Waals surface area contributed by atoms with Crippen LogP contribution in [0.25, 0.3) is 0 Å². The van der Waals surface area contributed by atoms with Gasteiger partial charge in [0, 0.05) is 30.9 Å². The van der Waals surface area contributed by atoms with Crippen molar-refractivity contribution in [3.8, 4) is 0 Å². The zero-order valence-electron chi connectivity index (χ0n) is 14.5. The number of aliphatic imine (C=N–C) groups is 1. The van der Waals surface area contributed by atoms with E-state index in [0.717, 1.165) is 38.1 Å². The van der Waals surface area contributed by atoms with E-state index in [0.29, 0.717) is 0 Å². The summed E-state index contributed by atoms with van der Waals surface area (Å²) in [5.41, 5.74) is 0. The van der Waals surface area contributed by atoms with Gasteiger partial charge < -0.3 is 15.5 Å². The molecule has 1 rings (SSSR count). The first-order chi connectivity index (χ1) is 9.96. The molecule has 0 spiro atoms. The van der Waals surface area contributed by atoms with E-state index in [1.54, 1.807) is 0 Å². The molecule has 1 heterocycles. The Morgan fingerprint density at radius 1 is 1.38 bits per heavy atom. The van der Waals surface area contributed by atoms with E-state index >= 15 is 0 Å². The minimum absolute atomic E-state index is 0.199. The Hall–Kier alpha value is -0.420. The van der Waals surface area contributed by atoms with Crippen molar-refractivity contribution in [1.82, 2.24) is 15.5 Å². The van der Waals surface area contributed by atoms with Crippen molar-refractivity contribution < 1.29 is 0 Å². The second-order valence-corrected chi connectivity index (χ2v) is 8.15. The van der Waals surface area contributed by atoms with Crippen LogP contribution in [0.2, 0.25) is 0 Å². The summed E-state index contributed by atoms with van der Waals surface area (Å²) < 4.78 is 0.199. The van der Waals surface area contributed by atoms with Crippen molar-refractivity contribution in [1.29, 1.82) is 0 Å². The summed E-state index contributed by atoms with van der Waals surface area (Å²) >= 11 is 1.86. The average Bonchev–Trinajstić information content (AvgIpc) is 2.45. The molecule has 0 bridgehead atoms. The molecular formula is C16H34N4S. The fraction of sp³-hybridized carbons (Fsp3) is 0.938. The van der Waals surface area contributed by atoms with Crippen LogP contribution in [0.4, 0.5) is 0 Å². The summed E-state index contributed by atoms with van der Waals surface area (Å²) in [6.45, 7) is 15.3. The Morgan fingerprint density at radius 3 is 2.76 bits per heavy atom. The van der Waals surface area contributed by atoms with E-state index in [4.69, 9.17) is 4.99 Å². The molecule has 1 aliphatic heterocycles. The monoisotopic (exact) mass is 314 g/mol. The van der Waals surface area contributed by atoms with E-state index in [-0.39, 0.29) is 4.75 Å². The number of rotatable bonds is 7. The summed E-state index contributed by atoms with van der Waals surface area (Å²) in [6.07, 6.45) is 4.88. The molecule has 1 unspecified atom stereocenters. The smallest absolute Gasteiger partial charge is 0.191 e. The van der Waals surface area contributed by atoms with Crippen LogP contribution >= 0.6 is 11.8 Å². The van der Waals surface area contributed by atoms with E-state index in [1.807, 2.05) is 11.8 Å². The van der Waals surface area contributed by atoms with Crippen molar-refractivity contribution in [2.75, 3.05) is 45.5 Å². The molecule has 0 aromatic heterocycles. The van der Waals surface area contributed by atoms with Gasteiger partial charge in [-0.2, -0.15) is 11.8 Å². The highest BCUT2D eigenvalue weighted by Crippen LogP contribution is 2.20. The fourth-order valence-electron chi connectivity index (χ4n) is 2.50. The van der Waals surface area contributed by atoms with Crippen LogP contribution in [0, 0.1) is 5.92 Å². The number of thioether (sulfide) groups is 1. The highest BCUT2D eigenvalue weighted by atomic mass is 32.2. The molecule has 1 aliphatic rings. The standard InChI is InChI=1S/C16H34N4S/c1-6-17-15(19-13-16(3,4)21-5)18-9-11-20-10-7-8-14(2)12-20/h14H,6-13H2,1-5H3,(H2,17,18,19). The maximum absolute atomic E-state index is 4.71. The SMILES string of the molecule is CCNC(=NCC(C)(C)SC)NCCN1CCCC(C)C1. The molecule has 1 fully saturated rings. The first-order valence-electron chi connectivity index (χ1n) is 8.26. The fourth-order valence-corrected chi connectivity index (χ4v) is 2.69. The van der Waals surface area contributed by atoms with Crippen molar-refractivity contribution in [3.63, 3.8) is 0 Å². The van der Waals surface area contributed by atoms with E-state index in [1.165, 1.54) is 25.9 Å². The maximum Gasteiger partial charge on any atom is 0.191 e. The molecule has 21 heavy (non-hydrogen) atoms. The van der Waals surface area contributed by atoms with Gasteiger partial charge in [-0.05, 0) is 52.3 Å². The van der Waals surface area contributed by atoms with Gasteiger partial charge in [0.15, 0.2) is 5.96 Å². The van der Waals surface area contributed by atoms with Crippen molar-refractivity contribution in [3.05, 3.63) is 0 Å². The molecule has 1 saturated heterocycles. The number of guanidine groups is 1. The Bertz CT molecular complexity index is 317. The highest BCUT2D eigenvalue weighted by Gasteiger charge is 2.17. The molecule has 0 aromatic rings. The highest BCUT2D eigenvalue weighted by molar-refractivity contribution is 7.99. The first kappa shape index (κ1) is 18.6. The van der Waals surface area contributed by atoms with Crippen LogP contribution in [0.1, 0.15) is 40.5 Å². The van der Waals surface area contributed by atoms with Crippen LogP contribution in [0.5, 0.6) is 0 Å². The van der Waals surface area contributed by atoms with Gasteiger partial charge in [0.1, 0.15) is 0 Å². The predicted molar refractivity (Wildman–Crippen MR) is 96.4 cm³/mol. The normalized spacial score (nSPS) is 21.4. The lowest BCUT2D eigenvalue weighted by Crippen LogP contribution is -2.44. The van der Waals surface area contributed by atoms with Crippen molar-refractivity contribution >= 4 is 17.7 Å². The molecule has 1 atom stereocenters. The molecule has 124 valence electrons. The first-order valence-corrected chi connectivity index (χ1v) is 9.49. The van der Waals surface area contributed by atoms with Gasteiger partial charge in [-0.15, -0.1) is 0 Å². The lowest BCUT2D eigenvalue weighted by Gasteiger charge is -2.31. The third-order valence-electron chi connectivity index (χ3n) is 3.98. The summed E-state index contributed by atoms with van der Waals surface area (Å²) in [6, 6.07) is 0. The minimum Gasteiger partial charge on any atom is -0.357 e. The lowest BCUT2D eigenvalue weighted by atomic mass is 10.0. The Balaban J connectivity index is 2.35. The molecule has 0 saturated carbocycles. The number of nitrogens with zero attached hydrogens (tertiary/aromatic N) is 2. The molecule has 4 nitrogen and oxygen atoms in total. The molecule has 5 heteroatoms. The average molecular weight is 315 g/mol. The molecule has 0 amide bonds. The van der Waals surface area contributed by atoms with E-state index < -0.39 is 0 Å². The van der Waals surface area contributed by atoms with Gasteiger partial charge in [-0.3, -0.25) is 4.99 Å². The van der Waals surface area contributed by atoms with E-state index in [2.05, 4.69) is 49.5 Å². The lowest BCUT2D eigenvalue weighted by molar-refractivity contribution is 0.187. The summed E-state index contributed by atoms with van der Waals surface area (Å²) in [7, 11) is 0. The number of likely N-dealkylation sites (tertiary alicyclic amines) is 1. The van der Waals surface area contributed by atoms with Crippen molar-refractivity contribution in [2.24, 2.45) is 10.9 Å². The van der Waals surface area contributed by atoms with Crippen LogP contribution < -0.4 is 10.6 Å². The van der Waals surface area contributed by atoms with Gasteiger partial charge in [0.05, 0.1) is 6.54 Å². The second kappa shape index (κ2) is 9.57. The van der Waals surface area contributed by atoms with Crippen LogP contribution in [-0.2, 0) is 0 Å². The van der Waals surface area contributed by atoms with Crippen LogP contribution in [0.15, 0.2) is 4.99 Å². The maximum atomic E-state index is 4.71. The Kier molecular flexibility index (Phi) is 8.49. The summed E-state index contributed by atoms with van der Waals surface area (Å²) in [5, 5.41) is 6.80. The number of piperidine rings is 1. The Labute approximate surface area is 135 Å². The van der Waals surface area contributed by atoms with Gasteiger partial charge in [-0.25, -0.2) is 0 Å². The molecule has 0 aliphatic carbocycles. The quantitative estimate of drug-likeness (QED) is 0.559. The minimum atomic E-state index is 0.199. The Morgan fingerprint density at radius 2 is 2.14 bits per heavy atom. The summed E-state index contributed by atoms with van der Waals surface area (Å²) in [5.74, 6) is 1.80. The zero-order valence-corrected chi connectivity index (χ0v) is 15.4. The van der Waals surface area contributed by atoms with Crippen molar-refractivity contribution in [2.45, 2.75) is 45.3 Å². The zero-order chi connectivity index (χ0) is 15.7. The van der Waals surface area contributed by atoms with Crippen LogP contribution in [-0.4, -0.2) is 61.1 Å². The molecule has 0 aromatic carbocycles. The van der Waals surface area contributed by atoms with Crippen LogP contribution in [0.3, 0.4) is 0 Å². The summed E-state index contributed by atoms with van der Waals surface area (Å²) in [4.78, 5) is 7.27. The van der Waals surface area contributed by atoms with E-state index in [9.17, 15) is 0 Å². The number of hydrogen-bond acceptors (Lipinski definition) is 3. The molecular weight excluding hydrogens is 280 g/mol. The number of hydrogen-bond donors (Lipinski definition) is 2. The van der Waals surface area contributed by atoms with Gasteiger partial charge >= 0.3 is 0 Å². The third kappa shape index (κ3) is 7.96. The predicted octanol–water partition coefficient (Wildman–Crippen LogP) is 2.42. The third-order valence-corrected chi connectivity index (χ3v) is 5.21. The van der Waals surface area contributed by atoms with Gasteiger partial charge in [-0.1, -0.05) is 6.92 Å². The molecule has 0 radical (unpaired) electrons. The topological polar surface area (TPSA) is 39.7 Å².